The summed E-state index contributed by atoms with van der Waals surface area (Å²) < 4.78 is 0. The summed E-state index contributed by atoms with van der Waals surface area (Å²) in [4.78, 5) is 14.3. The molecule has 1 amide bonds. The third-order valence-corrected chi connectivity index (χ3v) is 4.37. The maximum absolute atomic E-state index is 11.9. The van der Waals surface area contributed by atoms with E-state index in [1.165, 1.54) is 0 Å². The number of amides is 1. The molecule has 0 radical (unpaired) electrons. The number of hydrogen-bond donors (Lipinski definition) is 2. The van der Waals surface area contributed by atoms with Gasteiger partial charge >= 0.3 is 0 Å². The second-order valence-electron chi connectivity index (χ2n) is 4.85. The van der Waals surface area contributed by atoms with Crippen LogP contribution in [-0.4, -0.2) is 54.2 Å². The van der Waals surface area contributed by atoms with E-state index in [9.17, 15) is 4.79 Å². The first kappa shape index (κ1) is 15.8. The second-order valence-corrected chi connectivity index (χ2v) is 5.88. The number of hydrogen-bond acceptors (Lipinski definition) is 4. The van der Waals surface area contributed by atoms with E-state index in [1.54, 1.807) is 11.8 Å². The minimum Gasteiger partial charge on any atom is -0.352 e. The zero-order chi connectivity index (χ0) is 13.4. The molecule has 1 aliphatic heterocycles. The molecule has 0 bridgehead atoms. The summed E-state index contributed by atoms with van der Waals surface area (Å²) in [6.07, 6.45) is 2.21. The fraction of sp³-hybridized carbons (Fsp3) is 0.923. The van der Waals surface area contributed by atoms with Gasteiger partial charge in [0.2, 0.25) is 5.91 Å². The normalized spacial score (nSPS) is 21.2. The number of nitrogens with zero attached hydrogens (tertiary/aromatic N) is 1. The van der Waals surface area contributed by atoms with Gasteiger partial charge in [0.25, 0.3) is 0 Å². The molecule has 1 heterocycles. The van der Waals surface area contributed by atoms with Crippen LogP contribution in [0, 0.1) is 0 Å². The van der Waals surface area contributed by atoms with E-state index in [0.717, 1.165) is 44.1 Å². The zero-order valence-electron chi connectivity index (χ0n) is 11.9. The molecule has 18 heavy (non-hydrogen) atoms. The lowest BCUT2D eigenvalue weighted by molar-refractivity contribution is -0.123. The Bertz CT molecular complexity index is 240. The van der Waals surface area contributed by atoms with Crippen LogP contribution in [0.25, 0.3) is 0 Å². The van der Waals surface area contributed by atoms with Crippen LogP contribution in [0.15, 0.2) is 0 Å². The lowest BCUT2D eigenvalue weighted by Crippen LogP contribution is -2.45. The minimum atomic E-state index is 0.0141. The summed E-state index contributed by atoms with van der Waals surface area (Å²) in [5, 5.41) is 6.30. The predicted molar refractivity (Wildman–Crippen MR) is 78.9 cm³/mol. The molecule has 0 aromatic heterocycles. The highest BCUT2D eigenvalue weighted by Crippen LogP contribution is 2.10. The highest BCUT2D eigenvalue weighted by molar-refractivity contribution is 7.99. The molecule has 0 aromatic rings. The molecular formula is C13H27N3OS. The molecule has 0 saturated carbocycles. The largest absolute Gasteiger partial charge is 0.352 e. The summed E-state index contributed by atoms with van der Waals surface area (Å²) >= 11 is 1.79. The third-order valence-electron chi connectivity index (χ3n) is 3.43. The fourth-order valence-corrected chi connectivity index (χ4v) is 3.08. The monoisotopic (exact) mass is 273 g/mol. The Labute approximate surface area is 115 Å². The molecule has 2 atom stereocenters. The van der Waals surface area contributed by atoms with E-state index >= 15 is 0 Å². The van der Waals surface area contributed by atoms with Gasteiger partial charge in [-0.15, -0.1) is 11.8 Å². The fourth-order valence-electron chi connectivity index (χ4n) is 2.14. The highest BCUT2D eigenvalue weighted by Gasteiger charge is 2.23. The topological polar surface area (TPSA) is 44.4 Å². The molecule has 0 aliphatic carbocycles. The predicted octanol–water partition coefficient (Wildman–Crippen LogP) is 1.28. The molecular weight excluding hydrogens is 246 g/mol. The summed E-state index contributed by atoms with van der Waals surface area (Å²) in [5.74, 6) is 1.96. The Kier molecular flexibility index (Phi) is 7.70. The Hall–Kier alpha value is -0.260. The van der Waals surface area contributed by atoms with E-state index in [2.05, 4.69) is 36.3 Å². The van der Waals surface area contributed by atoms with Crippen molar-refractivity contribution in [2.75, 3.05) is 31.3 Å². The smallest absolute Gasteiger partial charge is 0.238 e. The summed E-state index contributed by atoms with van der Waals surface area (Å²) in [7, 11) is 0. The zero-order valence-corrected chi connectivity index (χ0v) is 12.7. The van der Waals surface area contributed by atoms with Crippen LogP contribution in [0.3, 0.4) is 0 Å². The van der Waals surface area contributed by atoms with Crippen LogP contribution in [0.2, 0.25) is 0 Å². The third kappa shape index (κ3) is 5.59. The van der Waals surface area contributed by atoms with E-state index < -0.39 is 0 Å². The van der Waals surface area contributed by atoms with Crippen LogP contribution in [0.1, 0.15) is 33.6 Å². The number of nitrogens with one attached hydrogen (secondary N) is 2. The SMILES string of the molecule is CCN(CC)CCCC(C)NC(=O)C1CSCN1. The van der Waals surface area contributed by atoms with Gasteiger partial charge in [-0.2, -0.15) is 0 Å². The Morgan fingerprint density at radius 2 is 2.22 bits per heavy atom. The van der Waals surface area contributed by atoms with E-state index in [0.29, 0.717) is 0 Å². The van der Waals surface area contributed by atoms with Gasteiger partial charge in [-0.1, -0.05) is 13.8 Å². The van der Waals surface area contributed by atoms with Crippen molar-refractivity contribution in [3.8, 4) is 0 Å². The number of thioether (sulfide) groups is 1. The average Bonchev–Trinajstić information content (AvgIpc) is 2.88. The average molecular weight is 273 g/mol. The number of carbonyl (C=O) groups is 1. The van der Waals surface area contributed by atoms with Crippen molar-refractivity contribution in [2.24, 2.45) is 0 Å². The molecule has 1 rings (SSSR count). The first-order valence-electron chi connectivity index (χ1n) is 7.01. The first-order valence-corrected chi connectivity index (χ1v) is 8.16. The summed E-state index contributed by atoms with van der Waals surface area (Å²) in [5.41, 5.74) is 0. The van der Waals surface area contributed by atoms with Gasteiger partial charge in [-0.3, -0.25) is 10.1 Å². The van der Waals surface area contributed by atoms with Gasteiger partial charge in [0.05, 0.1) is 6.04 Å². The lowest BCUT2D eigenvalue weighted by Gasteiger charge is -2.20. The van der Waals surface area contributed by atoms with Crippen LogP contribution in [-0.2, 0) is 4.79 Å². The maximum atomic E-state index is 11.9. The maximum Gasteiger partial charge on any atom is 0.238 e. The van der Waals surface area contributed by atoms with Crippen molar-refractivity contribution < 1.29 is 4.79 Å². The molecule has 0 spiro atoms. The lowest BCUT2D eigenvalue weighted by atomic mass is 10.1. The molecule has 2 unspecified atom stereocenters. The standard InChI is InChI=1S/C13H27N3OS/c1-4-16(5-2)8-6-7-11(3)15-13(17)12-9-18-10-14-12/h11-12,14H,4-10H2,1-3H3,(H,15,17). The van der Waals surface area contributed by atoms with Crippen molar-refractivity contribution in [1.82, 2.24) is 15.5 Å². The van der Waals surface area contributed by atoms with Crippen LogP contribution < -0.4 is 10.6 Å². The molecule has 0 aromatic carbocycles. The van der Waals surface area contributed by atoms with Crippen molar-refractivity contribution in [3.63, 3.8) is 0 Å². The van der Waals surface area contributed by atoms with Gasteiger partial charge in [-0.05, 0) is 39.4 Å². The van der Waals surface area contributed by atoms with Crippen LogP contribution in [0.5, 0.6) is 0 Å². The van der Waals surface area contributed by atoms with Crippen LogP contribution >= 0.6 is 11.8 Å². The van der Waals surface area contributed by atoms with Crippen molar-refractivity contribution in [2.45, 2.75) is 45.7 Å². The van der Waals surface area contributed by atoms with E-state index in [4.69, 9.17) is 0 Å². The molecule has 1 aliphatic rings. The first-order chi connectivity index (χ1) is 8.67. The Morgan fingerprint density at radius 3 is 2.78 bits per heavy atom. The second kappa shape index (κ2) is 8.77. The molecule has 106 valence electrons. The van der Waals surface area contributed by atoms with Gasteiger partial charge in [0.1, 0.15) is 0 Å². The van der Waals surface area contributed by atoms with E-state index in [-0.39, 0.29) is 18.0 Å². The van der Waals surface area contributed by atoms with Crippen molar-refractivity contribution in [1.29, 1.82) is 0 Å². The quantitative estimate of drug-likeness (QED) is 0.699. The van der Waals surface area contributed by atoms with Gasteiger partial charge in [0, 0.05) is 17.7 Å². The highest BCUT2D eigenvalue weighted by atomic mass is 32.2. The Morgan fingerprint density at radius 1 is 1.50 bits per heavy atom. The van der Waals surface area contributed by atoms with Gasteiger partial charge in [0.15, 0.2) is 0 Å². The summed E-state index contributed by atoms with van der Waals surface area (Å²) in [6.45, 7) is 9.84. The number of rotatable bonds is 8. The minimum absolute atomic E-state index is 0.0141. The molecule has 2 N–H and O–H groups in total. The Balaban J connectivity index is 2.12. The summed E-state index contributed by atoms with van der Waals surface area (Å²) in [6, 6.07) is 0.292. The molecule has 1 fully saturated rings. The van der Waals surface area contributed by atoms with Crippen LogP contribution in [0.4, 0.5) is 0 Å². The molecule has 4 nitrogen and oxygen atoms in total. The van der Waals surface area contributed by atoms with Gasteiger partial charge < -0.3 is 10.2 Å². The number of carbonyl (C=O) groups excluding carboxylic acids is 1. The van der Waals surface area contributed by atoms with Crippen molar-refractivity contribution in [3.05, 3.63) is 0 Å². The van der Waals surface area contributed by atoms with E-state index in [1.807, 2.05) is 0 Å². The van der Waals surface area contributed by atoms with Gasteiger partial charge in [-0.25, -0.2) is 0 Å². The molecule has 1 saturated heterocycles. The molecule has 5 heteroatoms. The van der Waals surface area contributed by atoms with Crippen molar-refractivity contribution >= 4 is 17.7 Å².